The molecule has 1 heterocycles. The molecule has 1 aliphatic heterocycles. The average molecular weight is 160 g/mol. The highest BCUT2D eigenvalue weighted by molar-refractivity contribution is 5.57. The number of rotatable bonds is 2. The van der Waals surface area contributed by atoms with Crippen molar-refractivity contribution in [1.82, 2.24) is 0 Å². The third-order valence-electron chi connectivity index (χ3n) is 1.54. The number of aliphatic hydroxyl groups is 1. The minimum atomic E-state index is -0.751. The summed E-state index contributed by atoms with van der Waals surface area (Å²) in [7, 11) is 0. The molecule has 1 N–H and O–H groups in total. The Morgan fingerprint density at radius 2 is 2.18 bits per heavy atom. The molecule has 0 aromatic rings. The van der Waals surface area contributed by atoms with E-state index in [0.29, 0.717) is 6.29 Å². The first-order chi connectivity index (χ1) is 5.09. The van der Waals surface area contributed by atoms with E-state index < -0.39 is 18.0 Å². The quantitative estimate of drug-likeness (QED) is 0.563. The lowest BCUT2D eigenvalue weighted by Gasteiger charge is -2.15. The Labute approximate surface area is 65.1 Å². The van der Waals surface area contributed by atoms with Crippen molar-refractivity contribution >= 4 is 6.29 Å². The molecule has 0 unspecified atom stereocenters. The van der Waals surface area contributed by atoms with Gasteiger partial charge in [-0.05, 0) is 13.8 Å². The van der Waals surface area contributed by atoms with E-state index in [1.807, 2.05) is 0 Å². The molecule has 64 valence electrons. The second-order valence-electron chi connectivity index (χ2n) is 2.96. The van der Waals surface area contributed by atoms with Gasteiger partial charge in [0.05, 0.1) is 6.61 Å². The molecule has 0 amide bonds. The summed E-state index contributed by atoms with van der Waals surface area (Å²) < 4.78 is 10.3. The fourth-order valence-electron chi connectivity index (χ4n) is 1.12. The van der Waals surface area contributed by atoms with Gasteiger partial charge in [0.1, 0.15) is 12.2 Å². The fourth-order valence-corrected chi connectivity index (χ4v) is 1.12. The van der Waals surface area contributed by atoms with Crippen molar-refractivity contribution in [2.24, 2.45) is 0 Å². The van der Waals surface area contributed by atoms with Crippen LogP contribution in [0.2, 0.25) is 0 Å². The van der Waals surface area contributed by atoms with Crippen LogP contribution in [-0.4, -0.2) is 36.0 Å². The van der Waals surface area contributed by atoms with Gasteiger partial charge in [0.25, 0.3) is 0 Å². The number of aldehydes is 1. The lowest BCUT2D eigenvalue weighted by Crippen LogP contribution is -2.27. The Morgan fingerprint density at radius 3 is 2.55 bits per heavy atom. The van der Waals surface area contributed by atoms with Crippen molar-refractivity contribution < 1.29 is 19.4 Å². The predicted molar refractivity (Wildman–Crippen MR) is 37.0 cm³/mol. The van der Waals surface area contributed by atoms with E-state index in [0.717, 1.165) is 0 Å². The fraction of sp³-hybridized carbons (Fsp3) is 0.857. The predicted octanol–water partition coefficient (Wildman–Crippen LogP) is -0.302. The highest BCUT2D eigenvalue weighted by Gasteiger charge is 2.40. The highest BCUT2D eigenvalue weighted by atomic mass is 16.8. The van der Waals surface area contributed by atoms with E-state index in [1.54, 1.807) is 13.8 Å². The van der Waals surface area contributed by atoms with Gasteiger partial charge in [0.2, 0.25) is 0 Å². The summed E-state index contributed by atoms with van der Waals surface area (Å²) >= 11 is 0. The largest absolute Gasteiger partial charge is 0.394 e. The Balaban J connectivity index is 2.62. The number of hydrogen-bond donors (Lipinski definition) is 1. The van der Waals surface area contributed by atoms with E-state index in [-0.39, 0.29) is 6.61 Å². The smallest absolute Gasteiger partial charge is 0.164 e. The first-order valence-electron chi connectivity index (χ1n) is 3.51. The summed E-state index contributed by atoms with van der Waals surface area (Å²) in [5.41, 5.74) is 0. The number of carbonyl (C=O) groups is 1. The van der Waals surface area contributed by atoms with Crippen molar-refractivity contribution in [3.8, 4) is 0 Å². The number of ether oxygens (including phenoxy) is 2. The zero-order valence-corrected chi connectivity index (χ0v) is 6.61. The van der Waals surface area contributed by atoms with Crippen LogP contribution < -0.4 is 0 Å². The number of hydrogen-bond acceptors (Lipinski definition) is 4. The summed E-state index contributed by atoms with van der Waals surface area (Å²) in [5.74, 6) is -0.751. The Hall–Kier alpha value is -0.450. The van der Waals surface area contributed by atoms with E-state index in [2.05, 4.69) is 0 Å². The molecule has 1 aliphatic rings. The van der Waals surface area contributed by atoms with Crippen LogP contribution in [0.3, 0.4) is 0 Å². The molecule has 0 aliphatic carbocycles. The van der Waals surface area contributed by atoms with Gasteiger partial charge >= 0.3 is 0 Å². The molecule has 0 saturated carbocycles. The van der Waals surface area contributed by atoms with Gasteiger partial charge in [-0.3, -0.25) is 0 Å². The van der Waals surface area contributed by atoms with Crippen LogP contribution in [0, 0.1) is 0 Å². The molecular formula is C7H12O4. The molecule has 1 saturated heterocycles. The van der Waals surface area contributed by atoms with Crippen LogP contribution in [0.4, 0.5) is 0 Å². The van der Waals surface area contributed by atoms with E-state index in [9.17, 15) is 4.79 Å². The molecule has 1 fully saturated rings. The molecule has 0 aromatic carbocycles. The number of aliphatic hydroxyl groups excluding tert-OH is 1. The molecule has 2 atom stereocenters. The third-order valence-corrected chi connectivity index (χ3v) is 1.54. The van der Waals surface area contributed by atoms with E-state index in [1.165, 1.54) is 0 Å². The van der Waals surface area contributed by atoms with Crippen molar-refractivity contribution in [1.29, 1.82) is 0 Å². The van der Waals surface area contributed by atoms with Gasteiger partial charge in [-0.15, -0.1) is 0 Å². The molecule has 0 bridgehead atoms. The molecule has 1 rings (SSSR count). The molecule has 4 heteroatoms. The SMILES string of the molecule is CC1(C)O[C@@H](C=O)[C@@H](CO)O1. The zero-order valence-electron chi connectivity index (χ0n) is 6.61. The summed E-state index contributed by atoms with van der Waals surface area (Å²) in [6.07, 6.45) is -0.493. The van der Waals surface area contributed by atoms with Gasteiger partial charge in [0, 0.05) is 0 Å². The number of carbonyl (C=O) groups excluding carboxylic acids is 1. The summed E-state index contributed by atoms with van der Waals surface area (Å²) in [6.45, 7) is 3.23. The lowest BCUT2D eigenvalue weighted by molar-refractivity contribution is -0.152. The van der Waals surface area contributed by atoms with Crippen LogP contribution in [0.5, 0.6) is 0 Å². The second-order valence-corrected chi connectivity index (χ2v) is 2.96. The van der Waals surface area contributed by atoms with Gasteiger partial charge < -0.3 is 19.4 Å². The molecule has 4 nitrogen and oxygen atoms in total. The molecule has 0 aromatic heterocycles. The Kier molecular flexibility index (Phi) is 2.27. The van der Waals surface area contributed by atoms with E-state index >= 15 is 0 Å². The summed E-state index contributed by atoms with van der Waals surface area (Å²) in [5, 5.41) is 8.74. The highest BCUT2D eigenvalue weighted by Crippen LogP contribution is 2.26. The van der Waals surface area contributed by atoms with Crippen LogP contribution in [0.1, 0.15) is 13.8 Å². The summed E-state index contributed by atoms with van der Waals surface area (Å²) in [4.78, 5) is 10.3. The zero-order chi connectivity index (χ0) is 8.48. The monoisotopic (exact) mass is 160 g/mol. The minimum Gasteiger partial charge on any atom is -0.394 e. The summed E-state index contributed by atoms with van der Waals surface area (Å²) in [6, 6.07) is 0. The van der Waals surface area contributed by atoms with Gasteiger partial charge in [-0.2, -0.15) is 0 Å². The first kappa shape index (κ1) is 8.64. The normalized spacial score (nSPS) is 35.5. The topological polar surface area (TPSA) is 55.8 Å². The maximum atomic E-state index is 10.3. The third kappa shape index (κ3) is 1.77. The molecule has 0 radical (unpaired) electrons. The molecule has 11 heavy (non-hydrogen) atoms. The van der Waals surface area contributed by atoms with Gasteiger partial charge in [-0.25, -0.2) is 0 Å². The van der Waals surface area contributed by atoms with Crippen molar-refractivity contribution in [2.75, 3.05) is 6.61 Å². The maximum Gasteiger partial charge on any atom is 0.164 e. The van der Waals surface area contributed by atoms with Crippen molar-refractivity contribution in [3.63, 3.8) is 0 Å². The van der Waals surface area contributed by atoms with Gasteiger partial charge in [-0.1, -0.05) is 0 Å². The molecule has 0 spiro atoms. The Morgan fingerprint density at radius 1 is 1.55 bits per heavy atom. The second kappa shape index (κ2) is 2.89. The first-order valence-corrected chi connectivity index (χ1v) is 3.51. The lowest BCUT2D eigenvalue weighted by atomic mass is 10.2. The van der Waals surface area contributed by atoms with Crippen molar-refractivity contribution in [2.45, 2.75) is 31.8 Å². The van der Waals surface area contributed by atoms with E-state index in [4.69, 9.17) is 14.6 Å². The molecular weight excluding hydrogens is 148 g/mol. The standard InChI is InChI=1S/C7H12O4/c1-7(2)10-5(3-8)6(4-9)11-7/h3,5-6,9H,4H2,1-2H3/t5-,6+/m0/s1. The average Bonchev–Trinajstić information content (AvgIpc) is 2.25. The van der Waals surface area contributed by atoms with Gasteiger partial charge in [0.15, 0.2) is 12.1 Å². The van der Waals surface area contributed by atoms with Crippen LogP contribution in [0.15, 0.2) is 0 Å². The van der Waals surface area contributed by atoms with Crippen LogP contribution in [-0.2, 0) is 14.3 Å². The maximum absolute atomic E-state index is 10.3. The van der Waals surface area contributed by atoms with Crippen molar-refractivity contribution in [3.05, 3.63) is 0 Å². The Bertz CT molecular complexity index is 155. The van der Waals surface area contributed by atoms with Crippen LogP contribution in [0.25, 0.3) is 0 Å². The van der Waals surface area contributed by atoms with Crippen LogP contribution >= 0.6 is 0 Å². The minimum absolute atomic E-state index is 0.188.